The molecule has 138 valence electrons. The molecule has 2 N–H and O–H groups in total. The second-order valence-electron chi connectivity index (χ2n) is 6.43. The van der Waals surface area contributed by atoms with Crippen LogP contribution in [0.25, 0.3) is 0 Å². The second kappa shape index (κ2) is 9.53. The molecule has 0 aliphatic carbocycles. The molecule has 2 saturated heterocycles. The van der Waals surface area contributed by atoms with Gasteiger partial charge in [-0.1, -0.05) is 0 Å². The third kappa shape index (κ3) is 5.82. The fourth-order valence-corrected chi connectivity index (χ4v) is 3.14. The summed E-state index contributed by atoms with van der Waals surface area (Å²) in [6.07, 6.45) is 4.20. The Balaban J connectivity index is 1.33. The first-order valence-electron chi connectivity index (χ1n) is 9.19. The average molecular weight is 348 g/mol. The van der Waals surface area contributed by atoms with Crippen LogP contribution in [0.15, 0.2) is 12.4 Å². The molecule has 25 heavy (non-hydrogen) atoms. The van der Waals surface area contributed by atoms with Crippen LogP contribution in [0.3, 0.4) is 0 Å². The molecule has 1 aromatic heterocycles. The Hall–Kier alpha value is -1.93. The summed E-state index contributed by atoms with van der Waals surface area (Å²) in [6, 6.07) is 1.93. The lowest BCUT2D eigenvalue weighted by atomic mass is 10.3. The summed E-state index contributed by atoms with van der Waals surface area (Å²) in [7, 11) is 0. The molecule has 2 aliphatic heterocycles. The Kier molecular flexibility index (Phi) is 6.81. The number of aromatic nitrogens is 2. The van der Waals surface area contributed by atoms with E-state index in [0.717, 1.165) is 83.5 Å². The topological polar surface area (TPSA) is 82.6 Å². The fourth-order valence-electron chi connectivity index (χ4n) is 3.14. The number of ether oxygens (including phenoxy) is 1. The molecule has 0 unspecified atom stereocenters. The van der Waals surface area contributed by atoms with E-state index < -0.39 is 0 Å². The summed E-state index contributed by atoms with van der Waals surface area (Å²) in [5.41, 5.74) is 0. The van der Waals surface area contributed by atoms with Gasteiger partial charge in [-0.15, -0.1) is 0 Å². The Morgan fingerprint density at radius 1 is 1.04 bits per heavy atom. The highest BCUT2D eigenvalue weighted by Gasteiger charge is 2.18. The van der Waals surface area contributed by atoms with Crippen molar-refractivity contribution in [1.82, 2.24) is 19.8 Å². The smallest absolute Gasteiger partial charge is 0.222 e. The van der Waals surface area contributed by atoms with Crippen molar-refractivity contribution in [3.8, 4) is 0 Å². The van der Waals surface area contributed by atoms with Crippen molar-refractivity contribution in [2.75, 3.05) is 69.7 Å². The molecule has 1 amide bonds. The van der Waals surface area contributed by atoms with E-state index in [1.54, 1.807) is 6.33 Å². The predicted molar refractivity (Wildman–Crippen MR) is 96.7 cm³/mol. The predicted octanol–water partition coefficient (Wildman–Crippen LogP) is 0.645. The first-order valence-corrected chi connectivity index (χ1v) is 9.19. The van der Waals surface area contributed by atoms with E-state index in [2.05, 4.69) is 25.5 Å². The van der Waals surface area contributed by atoms with Crippen LogP contribution >= 0.6 is 0 Å². The zero-order valence-electron chi connectivity index (χ0n) is 14.7. The lowest BCUT2D eigenvalue weighted by molar-refractivity contribution is -0.127. The van der Waals surface area contributed by atoms with Gasteiger partial charge in [0.25, 0.3) is 0 Å². The molecule has 8 heteroatoms. The second-order valence-corrected chi connectivity index (χ2v) is 6.43. The van der Waals surface area contributed by atoms with Gasteiger partial charge in [0.1, 0.15) is 18.0 Å². The molecular formula is C17H28N6O2. The molecule has 0 atom stereocenters. The monoisotopic (exact) mass is 348 g/mol. The molecular weight excluding hydrogens is 320 g/mol. The summed E-state index contributed by atoms with van der Waals surface area (Å²) >= 11 is 0. The van der Waals surface area contributed by atoms with Crippen molar-refractivity contribution in [3.05, 3.63) is 12.4 Å². The maximum absolute atomic E-state index is 11.6. The molecule has 0 saturated carbocycles. The SMILES string of the molecule is O=C1CCCN1CCCNc1cc(NCCN2CCOCC2)ncn1. The number of nitrogens with one attached hydrogen (secondary N) is 2. The van der Waals surface area contributed by atoms with Gasteiger partial charge in [0.2, 0.25) is 5.91 Å². The molecule has 2 fully saturated rings. The van der Waals surface area contributed by atoms with E-state index in [1.807, 2.05) is 11.0 Å². The molecule has 3 rings (SSSR count). The Labute approximate surface area is 148 Å². The van der Waals surface area contributed by atoms with E-state index in [-0.39, 0.29) is 5.91 Å². The van der Waals surface area contributed by atoms with Crippen LogP contribution in [0.1, 0.15) is 19.3 Å². The zero-order valence-corrected chi connectivity index (χ0v) is 14.7. The lowest BCUT2D eigenvalue weighted by Crippen LogP contribution is -2.39. The molecule has 0 radical (unpaired) electrons. The zero-order chi connectivity index (χ0) is 17.3. The molecule has 0 aromatic carbocycles. The average Bonchev–Trinajstić information content (AvgIpc) is 3.05. The molecule has 0 bridgehead atoms. The van der Waals surface area contributed by atoms with Gasteiger partial charge in [0.15, 0.2) is 0 Å². The Morgan fingerprint density at radius 2 is 1.80 bits per heavy atom. The number of morpholine rings is 1. The molecule has 8 nitrogen and oxygen atoms in total. The van der Waals surface area contributed by atoms with Gasteiger partial charge in [-0.25, -0.2) is 9.97 Å². The van der Waals surface area contributed by atoms with Crippen molar-refractivity contribution < 1.29 is 9.53 Å². The fraction of sp³-hybridized carbons (Fsp3) is 0.706. The number of likely N-dealkylation sites (tertiary alicyclic amines) is 1. The molecule has 1 aromatic rings. The van der Waals surface area contributed by atoms with Crippen LogP contribution in [0.4, 0.5) is 11.6 Å². The van der Waals surface area contributed by atoms with Gasteiger partial charge in [0.05, 0.1) is 13.2 Å². The molecule has 0 spiro atoms. The van der Waals surface area contributed by atoms with E-state index in [9.17, 15) is 4.79 Å². The van der Waals surface area contributed by atoms with Gasteiger partial charge in [-0.2, -0.15) is 0 Å². The van der Waals surface area contributed by atoms with E-state index in [4.69, 9.17) is 4.74 Å². The normalized spacial score (nSPS) is 18.6. The standard InChI is InChI=1S/C17H28N6O2/c24-17-3-1-6-23(17)7-2-4-18-15-13-16(21-14-20-15)19-5-8-22-9-11-25-12-10-22/h13-14H,1-12H2,(H2,18,19,20,21). The van der Waals surface area contributed by atoms with Crippen molar-refractivity contribution in [2.45, 2.75) is 19.3 Å². The largest absolute Gasteiger partial charge is 0.379 e. The van der Waals surface area contributed by atoms with Gasteiger partial charge in [0, 0.05) is 58.3 Å². The first-order chi connectivity index (χ1) is 12.3. The van der Waals surface area contributed by atoms with Crippen LogP contribution in [0.2, 0.25) is 0 Å². The Bertz CT molecular complexity index is 550. The van der Waals surface area contributed by atoms with Crippen molar-refractivity contribution in [1.29, 1.82) is 0 Å². The first kappa shape index (κ1) is 17.9. The number of amides is 1. The van der Waals surface area contributed by atoms with E-state index in [0.29, 0.717) is 6.42 Å². The van der Waals surface area contributed by atoms with E-state index in [1.165, 1.54) is 0 Å². The summed E-state index contributed by atoms with van der Waals surface area (Å²) in [5.74, 6) is 1.94. The summed E-state index contributed by atoms with van der Waals surface area (Å²) in [5, 5.41) is 6.65. The lowest BCUT2D eigenvalue weighted by Gasteiger charge is -2.26. The molecule has 2 aliphatic rings. The van der Waals surface area contributed by atoms with E-state index >= 15 is 0 Å². The van der Waals surface area contributed by atoms with Crippen LogP contribution in [0, 0.1) is 0 Å². The van der Waals surface area contributed by atoms with Gasteiger partial charge in [-0.05, 0) is 12.8 Å². The number of carbonyl (C=O) groups is 1. The minimum Gasteiger partial charge on any atom is -0.379 e. The van der Waals surface area contributed by atoms with Crippen LogP contribution < -0.4 is 10.6 Å². The third-order valence-electron chi connectivity index (χ3n) is 4.59. The number of hydrogen-bond acceptors (Lipinski definition) is 7. The highest BCUT2D eigenvalue weighted by molar-refractivity contribution is 5.78. The van der Waals surface area contributed by atoms with Crippen LogP contribution in [-0.4, -0.2) is 84.7 Å². The minimum atomic E-state index is 0.286. The maximum atomic E-state index is 11.6. The number of rotatable bonds is 9. The molecule has 3 heterocycles. The number of nitrogens with zero attached hydrogens (tertiary/aromatic N) is 4. The van der Waals surface area contributed by atoms with Crippen molar-refractivity contribution >= 4 is 17.5 Å². The highest BCUT2D eigenvalue weighted by atomic mass is 16.5. The number of carbonyl (C=O) groups excluding carboxylic acids is 1. The highest BCUT2D eigenvalue weighted by Crippen LogP contribution is 2.11. The van der Waals surface area contributed by atoms with Gasteiger partial charge >= 0.3 is 0 Å². The van der Waals surface area contributed by atoms with Crippen molar-refractivity contribution in [2.24, 2.45) is 0 Å². The summed E-state index contributed by atoms with van der Waals surface area (Å²) < 4.78 is 5.35. The van der Waals surface area contributed by atoms with Crippen molar-refractivity contribution in [3.63, 3.8) is 0 Å². The summed E-state index contributed by atoms with van der Waals surface area (Å²) in [4.78, 5) is 24.4. The third-order valence-corrected chi connectivity index (χ3v) is 4.59. The quantitative estimate of drug-likeness (QED) is 0.634. The van der Waals surface area contributed by atoms with Gasteiger partial charge < -0.3 is 20.3 Å². The maximum Gasteiger partial charge on any atom is 0.222 e. The summed E-state index contributed by atoms with van der Waals surface area (Å²) in [6.45, 7) is 8.01. The number of hydrogen-bond donors (Lipinski definition) is 2. The van der Waals surface area contributed by atoms with Crippen LogP contribution in [-0.2, 0) is 9.53 Å². The number of anilines is 2. The minimum absolute atomic E-state index is 0.286. The van der Waals surface area contributed by atoms with Crippen LogP contribution in [0.5, 0.6) is 0 Å². The Morgan fingerprint density at radius 3 is 2.52 bits per heavy atom. The van der Waals surface area contributed by atoms with Gasteiger partial charge in [-0.3, -0.25) is 9.69 Å².